The smallest absolute Gasteiger partial charge is 0.431 e. The number of carbonyl (C=O) groups is 1. The zero-order valence-corrected chi connectivity index (χ0v) is 8.74. The van der Waals surface area contributed by atoms with Gasteiger partial charge in [-0.05, 0) is 6.26 Å². The van der Waals surface area contributed by atoms with Gasteiger partial charge in [0, 0.05) is 5.75 Å². The van der Waals surface area contributed by atoms with Crippen molar-refractivity contribution in [2.45, 2.75) is 12.2 Å². The standard InChI is InChI=1S/C8H10F3NO2S/c1-15-4-5-3-14-7(13)2-6(12-5)8(9,10)11/h2,5,12H,3-4H2,1H3/t5-/m0/s1. The lowest BCUT2D eigenvalue weighted by atomic mass is 10.3. The first kappa shape index (κ1) is 12.2. The summed E-state index contributed by atoms with van der Waals surface area (Å²) >= 11 is 1.38. The zero-order valence-electron chi connectivity index (χ0n) is 7.93. The van der Waals surface area contributed by atoms with Gasteiger partial charge in [-0.15, -0.1) is 0 Å². The molecule has 0 radical (unpaired) electrons. The number of rotatable bonds is 2. The number of hydrogen-bond acceptors (Lipinski definition) is 4. The molecule has 1 rings (SSSR count). The summed E-state index contributed by atoms with van der Waals surface area (Å²) in [6.45, 7) is -0.0459. The molecule has 0 spiro atoms. The van der Waals surface area contributed by atoms with Crippen LogP contribution in [0, 0.1) is 0 Å². The minimum absolute atomic E-state index is 0.0459. The fourth-order valence-electron chi connectivity index (χ4n) is 1.10. The average Bonchev–Trinajstić information content (AvgIpc) is 2.28. The monoisotopic (exact) mass is 241 g/mol. The van der Waals surface area contributed by atoms with Crippen LogP contribution in [0.2, 0.25) is 0 Å². The van der Waals surface area contributed by atoms with Gasteiger partial charge >= 0.3 is 12.1 Å². The SMILES string of the molecule is CSC[C@@H]1COC(=O)C=C(C(F)(F)F)N1. The van der Waals surface area contributed by atoms with Crippen molar-refractivity contribution in [2.75, 3.05) is 18.6 Å². The highest BCUT2D eigenvalue weighted by Gasteiger charge is 2.37. The molecule has 1 aliphatic rings. The fourth-order valence-corrected chi connectivity index (χ4v) is 1.68. The molecule has 0 saturated carbocycles. The first-order chi connectivity index (χ1) is 6.93. The van der Waals surface area contributed by atoms with E-state index in [-0.39, 0.29) is 6.61 Å². The number of carbonyl (C=O) groups excluding carboxylic acids is 1. The molecule has 0 aromatic heterocycles. The second-order valence-electron chi connectivity index (χ2n) is 2.98. The first-order valence-corrected chi connectivity index (χ1v) is 5.54. The number of hydrogen-bond donors (Lipinski definition) is 1. The second kappa shape index (κ2) is 4.78. The summed E-state index contributed by atoms with van der Waals surface area (Å²) in [5.74, 6) is -0.515. The van der Waals surface area contributed by atoms with Crippen molar-refractivity contribution in [1.29, 1.82) is 0 Å². The van der Waals surface area contributed by atoms with E-state index in [0.717, 1.165) is 0 Å². The second-order valence-corrected chi connectivity index (χ2v) is 3.89. The Morgan fingerprint density at radius 2 is 2.33 bits per heavy atom. The molecule has 0 aromatic rings. The third kappa shape index (κ3) is 3.65. The number of esters is 1. The molecule has 1 aliphatic heterocycles. The van der Waals surface area contributed by atoms with E-state index in [1.54, 1.807) is 6.26 Å². The number of thioether (sulfide) groups is 1. The largest absolute Gasteiger partial charge is 0.460 e. The lowest BCUT2D eigenvalue weighted by Crippen LogP contribution is -2.38. The Kier molecular flexibility index (Phi) is 3.90. The number of ether oxygens (including phenoxy) is 1. The molecule has 0 aromatic carbocycles. The van der Waals surface area contributed by atoms with E-state index in [2.05, 4.69) is 10.1 Å². The normalized spacial score (nSPS) is 22.5. The maximum atomic E-state index is 12.4. The lowest BCUT2D eigenvalue weighted by Gasteiger charge is -2.18. The van der Waals surface area contributed by atoms with Gasteiger partial charge in [-0.1, -0.05) is 0 Å². The van der Waals surface area contributed by atoms with Crippen LogP contribution in [-0.2, 0) is 9.53 Å². The van der Waals surface area contributed by atoms with Crippen molar-refractivity contribution in [3.63, 3.8) is 0 Å². The van der Waals surface area contributed by atoms with Crippen molar-refractivity contribution < 1.29 is 22.7 Å². The molecule has 7 heteroatoms. The molecule has 0 aliphatic carbocycles. The Morgan fingerprint density at radius 1 is 1.67 bits per heavy atom. The van der Waals surface area contributed by atoms with Gasteiger partial charge in [-0.3, -0.25) is 0 Å². The van der Waals surface area contributed by atoms with Crippen molar-refractivity contribution in [1.82, 2.24) is 5.32 Å². The molecule has 0 unspecified atom stereocenters. The van der Waals surface area contributed by atoms with E-state index >= 15 is 0 Å². The minimum atomic E-state index is -4.54. The molecule has 3 nitrogen and oxygen atoms in total. The van der Waals surface area contributed by atoms with E-state index in [1.165, 1.54) is 11.8 Å². The summed E-state index contributed by atoms with van der Waals surface area (Å²) in [6, 6.07) is -0.501. The molecule has 0 bridgehead atoms. The van der Waals surface area contributed by atoms with Crippen molar-refractivity contribution in [2.24, 2.45) is 0 Å². The van der Waals surface area contributed by atoms with E-state index in [9.17, 15) is 18.0 Å². The van der Waals surface area contributed by atoms with Crippen LogP contribution >= 0.6 is 11.8 Å². The average molecular weight is 241 g/mol. The van der Waals surface area contributed by atoms with E-state index in [0.29, 0.717) is 11.8 Å². The van der Waals surface area contributed by atoms with Gasteiger partial charge in [-0.25, -0.2) is 4.79 Å². The predicted octanol–water partition coefficient (Wildman–Crippen LogP) is 1.31. The third-order valence-corrected chi connectivity index (χ3v) is 2.46. The molecular formula is C8H10F3NO2S. The summed E-state index contributed by atoms with van der Waals surface area (Å²) in [4.78, 5) is 10.8. The summed E-state index contributed by atoms with van der Waals surface area (Å²) in [5, 5.41) is 2.26. The third-order valence-electron chi connectivity index (χ3n) is 1.72. The highest BCUT2D eigenvalue weighted by Crippen LogP contribution is 2.25. The highest BCUT2D eigenvalue weighted by molar-refractivity contribution is 7.98. The van der Waals surface area contributed by atoms with Crippen molar-refractivity contribution >= 4 is 17.7 Å². The number of nitrogens with one attached hydrogen (secondary N) is 1. The fraction of sp³-hybridized carbons (Fsp3) is 0.625. The maximum Gasteiger partial charge on any atom is 0.431 e. The van der Waals surface area contributed by atoms with Crippen LogP contribution < -0.4 is 5.32 Å². The summed E-state index contributed by atoms with van der Waals surface area (Å²) < 4.78 is 41.7. The van der Waals surface area contributed by atoms with E-state index in [4.69, 9.17) is 0 Å². The highest BCUT2D eigenvalue weighted by atomic mass is 32.2. The van der Waals surface area contributed by atoms with Gasteiger partial charge in [0.2, 0.25) is 0 Å². The Morgan fingerprint density at radius 3 is 2.87 bits per heavy atom. The molecule has 1 N–H and O–H groups in total. The Hall–Kier alpha value is -0.850. The van der Waals surface area contributed by atoms with Gasteiger partial charge in [0.05, 0.1) is 12.1 Å². The summed E-state index contributed by atoms with van der Waals surface area (Å²) in [6.07, 6.45) is -2.33. The van der Waals surface area contributed by atoms with Crippen LogP contribution in [0.15, 0.2) is 11.8 Å². The quantitative estimate of drug-likeness (QED) is 0.740. The minimum Gasteiger partial charge on any atom is -0.460 e. The molecule has 1 atom stereocenters. The number of halogens is 3. The zero-order chi connectivity index (χ0) is 11.5. The van der Waals surface area contributed by atoms with Crippen LogP contribution in [0.1, 0.15) is 0 Å². The van der Waals surface area contributed by atoms with E-state index in [1.807, 2.05) is 0 Å². The van der Waals surface area contributed by atoms with E-state index < -0.39 is 23.9 Å². The molecule has 15 heavy (non-hydrogen) atoms. The van der Waals surface area contributed by atoms with Crippen molar-refractivity contribution in [3.05, 3.63) is 11.8 Å². The molecule has 86 valence electrons. The molecular weight excluding hydrogens is 231 g/mol. The Labute approximate surface area is 89.0 Å². The maximum absolute atomic E-state index is 12.4. The summed E-state index contributed by atoms with van der Waals surface area (Å²) in [7, 11) is 0. The molecule has 0 fully saturated rings. The van der Waals surface area contributed by atoms with Gasteiger partial charge in [-0.2, -0.15) is 24.9 Å². The topological polar surface area (TPSA) is 38.3 Å². The predicted molar refractivity (Wildman–Crippen MR) is 50.4 cm³/mol. The number of cyclic esters (lactones) is 1. The number of alkyl halides is 3. The van der Waals surface area contributed by atoms with Crippen LogP contribution in [0.25, 0.3) is 0 Å². The summed E-state index contributed by atoms with van der Waals surface area (Å²) in [5.41, 5.74) is -1.04. The molecule has 0 saturated heterocycles. The van der Waals surface area contributed by atoms with Gasteiger partial charge < -0.3 is 10.1 Å². The van der Waals surface area contributed by atoms with Gasteiger partial charge in [0.25, 0.3) is 0 Å². The van der Waals surface area contributed by atoms with Crippen molar-refractivity contribution in [3.8, 4) is 0 Å². The van der Waals surface area contributed by atoms with Gasteiger partial charge in [0.15, 0.2) is 0 Å². The Balaban J connectivity index is 2.78. The first-order valence-electron chi connectivity index (χ1n) is 4.14. The molecule has 1 heterocycles. The lowest BCUT2D eigenvalue weighted by molar-refractivity contribution is -0.138. The molecule has 0 amide bonds. The van der Waals surface area contributed by atoms with Gasteiger partial charge in [0.1, 0.15) is 12.3 Å². The van der Waals surface area contributed by atoms with Crippen LogP contribution in [0.4, 0.5) is 13.2 Å². The number of allylic oxidation sites excluding steroid dienone is 1. The van der Waals surface area contributed by atoms with Crippen LogP contribution in [-0.4, -0.2) is 36.8 Å². The van der Waals surface area contributed by atoms with Crippen LogP contribution in [0.3, 0.4) is 0 Å². The Bertz CT molecular complexity index is 278. The van der Waals surface area contributed by atoms with Crippen LogP contribution in [0.5, 0.6) is 0 Å².